The van der Waals surface area contributed by atoms with Crippen molar-refractivity contribution < 1.29 is 29.0 Å². The molecule has 0 aliphatic heterocycles. The molecule has 0 aromatic heterocycles. The fourth-order valence-electron chi connectivity index (χ4n) is 4.32. The molecule has 0 bridgehead atoms. The van der Waals surface area contributed by atoms with E-state index in [9.17, 15) is 19.5 Å². The molecule has 0 saturated carbocycles. The Bertz CT molecular complexity index is 1010. The Morgan fingerprint density at radius 2 is 1.59 bits per heavy atom. The highest BCUT2D eigenvalue weighted by Crippen LogP contribution is 2.44. The summed E-state index contributed by atoms with van der Waals surface area (Å²) in [5, 5.41) is 14.5. The number of ether oxygens (including phenoxy) is 2. The van der Waals surface area contributed by atoms with Crippen molar-refractivity contribution in [3.8, 4) is 11.1 Å². The van der Waals surface area contributed by atoms with Gasteiger partial charge >= 0.3 is 12.1 Å². The highest BCUT2D eigenvalue weighted by atomic mass is 16.5. The second-order valence-electron chi connectivity index (χ2n) is 9.21. The zero-order valence-electron chi connectivity index (χ0n) is 20.0. The average molecular weight is 469 g/mol. The predicted octanol–water partition coefficient (Wildman–Crippen LogP) is 3.55. The molecule has 2 aromatic carbocycles. The van der Waals surface area contributed by atoms with Crippen LogP contribution in [0.15, 0.2) is 48.5 Å². The summed E-state index contributed by atoms with van der Waals surface area (Å²) in [6.45, 7) is 5.14. The lowest BCUT2D eigenvalue weighted by atomic mass is 9.98. The molecular formula is C26H32N2O6. The number of nitrogens with one attached hydrogen (secondary N) is 2. The van der Waals surface area contributed by atoms with Gasteiger partial charge in [0.2, 0.25) is 5.91 Å². The van der Waals surface area contributed by atoms with E-state index >= 15 is 0 Å². The summed E-state index contributed by atoms with van der Waals surface area (Å²) in [6, 6.07) is 14.9. The van der Waals surface area contributed by atoms with E-state index in [1.54, 1.807) is 0 Å². The summed E-state index contributed by atoms with van der Waals surface area (Å²) >= 11 is 0. The quantitative estimate of drug-likeness (QED) is 0.491. The van der Waals surface area contributed by atoms with E-state index in [1.807, 2.05) is 62.4 Å². The molecule has 3 rings (SSSR count). The number of alkyl carbamates (subject to hydrolysis) is 1. The number of amides is 2. The SMILES string of the molecule is COCC(C)(NC(=O)OCC1c2ccccc2-c2ccccc21)C(=O)N[C@H](CC(C)C)C(=O)O. The van der Waals surface area contributed by atoms with Crippen molar-refractivity contribution in [2.24, 2.45) is 5.92 Å². The number of carbonyl (C=O) groups is 3. The first-order valence-corrected chi connectivity index (χ1v) is 11.3. The Morgan fingerprint density at radius 1 is 1.03 bits per heavy atom. The normalized spacial score (nSPS) is 15.1. The molecule has 0 fully saturated rings. The molecule has 1 aliphatic rings. The molecule has 2 atom stereocenters. The number of methoxy groups -OCH3 is 1. The maximum atomic E-state index is 12.9. The van der Waals surface area contributed by atoms with Crippen LogP contribution < -0.4 is 10.6 Å². The molecule has 182 valence electrons. The third kappa shape index (κ3) is 5.56. The average Bonchev–Trinajstić information content (AvgIpc) is 3.10. The van der Waals surface area contributed by atoms with Crippen molar-refractivity contribution in [3.05, 3.63) is 59.7 Å². The monoisotopic (exact) mass is 468 g/mol. The van der Waals surface area contributed by atoms with Crippen molar-refractivity contribution in [1.82, 2.24) is 10.6 Å². The van der Waals surface area contributed by atoms with E-state index in [1.165, 1.54) is 14.0 Å². The number of rotatable bonds is 10. The fourth-order valence-corrected chi connectivity index (χ4v) is 4.32. The minimum Gasteiger partial charge on any atom is -0.480 e. The Hall–Kier alpha value is -3.39. The number of hydrogen-bond donors (Lipinski definition) is 3. The summed E-state index contributed by atoms with van der Waals surface area (Å²) in [4.78, 5) is 37.3. The lowest BCUT2D eigenvalue weighted by Crippen LogP contribution is -2.62. The van der Waals surface area contributed by atoms with Crippen molar-refractivity contribution >= 4 is 18.0 Å². The van der Waals surface area contributed by atoms with E-state index in [0.717, 1.165) is 22.3 Å². The van der Waals surface area contributed by atoms with Crippen LogP contribution in [0.4, 0.5) is 4.79 Å². The lowest BCUT2D eigenvalue weighted by molar-refractivity contribution is -0.143. The van der Waals surface area contributed by atoms with Gasteiger partial charge in [-0.25, -0.2) is 9.59 Å². The van der Waals surface area contributed by atoms with E-state index < -0.39 is 29.6 Å². The van der Waals surface area contributed by atoms with Crippen LogP contribution in [0, 0.1) is 5.92 Å². The van der Waals surface area contributed by atoms with Crippen LogP contribution in [0.5, 0.6) is 0 Å². The topological polar surface area (TPSA) is 114 Å². The highest BCUT2D eigenvalue weighted by Gasteiger charge is 2.38. The molecule has 0 heterocycles. The summed E-state index contributed by atoms with van der Waals surface area (Å²) < 4.78 is 10.7. The Kier molecular flexibility index (Phi) is 7.94. The van der Waals surface area contributed by atoms with E-state index in [4.69, 9.17) is 9.47 Å². The van der Waals surface area contributed by atoms with Crippen LogP contribution in [0.3, 0.4) is 0 Å². The number of hydrogen-bond acceptors (Lipinski definition) is 5. The molecule has 0 saturated heterocycles. The molecule has 8 nitrogen and oxygen atoms in total. The fraction of sp³-hybridized carbons (Fsp3) is 0.423. The first kappa shape index (κ1) is 25.2. The Labute approximate surface area is 199 Å². The second-order valence-corrected chi connectivity index (χ2v) is 9.21. The summed E-state index contributed by atoms with van der Waals surface area (Å²) in [5.41, 5.74) is 2.86. The van der Waals surface area contributed by atoms with E-state index in [-0.39, 0.29) is 31.5 Å². The zero-order valence-corrected chi connectivity index (χ0v) is 20.0. The number of carbonyl (C=O) groups excluding carboxylic acids is 2. The smallest absolute Gasteiger partial charge is 0.408 e. The number of aliphatic carboxylic acids is 1. The third-order valence-electron chi connectivity index (χ3n) is 5.97. The van der Waals surface area contributed by atoms with Gasteiger partial charge in [-0.2, -0.15) is 0 Å². The van der Waals surface area contributed by atoms with Gasteiger partial charge in [-0.1, -0.05) is 62.4 Å². The van der Waals surface area contributed by atoms with Crippen molar-refractivity contribution in [3.63, 3.8) is 0 Å². The maximum Gasteiger partial charge on any atom is 0.408 e. The van der Waals surface area contributed by atoms with Gasteiger partial charge in [0.05, 0.1) is 6.61 Å². The van der Waals surface area contributed by atoms with Gasteiger partial charge in [0, 0.05) is 13.0 Å². The van der Waals surface area contributed by atoms with Crippen LogP contribution in [0.25, 0.3) is 11.1 Å². The van der Waals surface area contributed by atoms with Crippen molar-refractivity contribution in [1.29, 1.82) is 0 Å². The highest BCUT2D eigenvalue weighted by molar-refractivity contribution is 5.92. The van der Waals surface area contributed by atoms with Gasteiger partial charge in [-0.05, 0) is 41.5 Å². The molecule has 1 unspecified atom stereocenters. The van der Waals surface area contributed by atoms with Crippen molar-refractivity contribution in [2.75, 3.05) is 20.3 Å². The van der Waals surface area contributed by atoms with Crippen LogP contribution in [0.1, 0.15) is 44.2 Å². The minimum atomic E-state index is -1.51. The number of carboxylic acids is 1. The standard InChI is InChI=1S/C26H32N2O6/c1-16(2)13-22(23(29)30)27-24(31)26(3,15-33-4)28-25(32)34-14-21-19-11-7-5-9-17(19)18-10-6-8-12-20(18)21/h5-12,16,21-22H,13-15H2,1-4H3,(H,27,31)(H,28,32)(H,29,30)/t22-,26?/m1/s1. The summed E-state index contributed by atoms with van der Waals surface area (Å²) in [6.07, 6.45) is -0.526. The van der Waals surface area contributed by atoms with Gasteiger partial charge < -0.3 is 25.2 Å². The van der Waals surface area contributed by atoms with Gasteiger partial charge in [0.25, 0.3) is 0 Å². The number of fused-ring (bicyclic) bond motifs is 3. The molecule has 8 heteroatoms. The molecule has 2 aromatic rings. The third-order valence-corrected chi connectivity index (χ3v) is 5.97. The summed E-state index contributed by atoms with van der Waals surface area (Å²) in [5.74, 6) is -1.85. The lowest BCUT2D eigenvalue weighted by Gasteiger charge is -2.30. The molecule has 2 amide bonds. The van der Waals surface area contributed by atoms with Gasteiger partial charge in [0.15, 0.2) is 0 Å². The van der Waals surface area contributed by atoms with Crippen LogP contribution in [-0.4, -0.2) is 55.0 Å². The number of benzene rings is 2. The Balaban J connectivity index is 1.69. The minimum absolute atomic E-state index is 0.0603. The number of carboxylic acid groups (broad SMARTS) is 1. The summed E-state index contributed by atoms with van der Waals surface area (Å²) in [7, 11) is 1.40. The molecule has 0 radical (unpaired) electrons. The largest absolute Gasteiger partial charge is 0.480 e. The van der Waals surface area contributed by atoms with Gasteiger partial charge in [0.1, 0.15) is 18.2 Å². The Morgan fingerprint density at radius 3 is 2.09 bits per heavy atom. The van der Waals surface area contributed by atoms with E-state index in [2.05, 4.69) is 10.6 Å². The van der Waals surface area contributed by atoms with Crippen LogP contribution >= 0.6 is 0 Å². The van der Waals surface area contributed by atoms with Crippen LogP contribution in [0.2, 0.25) is 0 Å². The van der Waals surface area contributed by atoms with Gasteiger partial charge in [-0.15, -0.1) is 0 Å². The molecule has 3 N–H and O–H groups in total. The maximum absolute atomic E-state index is 12.9. The first-order chi connectivity index (χ1) is 16.2. The molecule has 34 heavy (non-hydrogen) atoms. The molecule has 0 spiro atoms. The predicted molar refractivity (Wildman–Crippen MR) is 128 cm³/mol. The first-order valence-electron chi connectivity index (χ1n) is 11.3. The van der Waals surface area contributed by atoms with Crippen LogP contribution in [-0.2, 0) is 19.1 Å². The van der Waals surface area contributed by atoms with E-state index in [0.29, 0.717) is 0 Å². The molecular weight excluding hydrogens is 436 g/mol. The zero-order chi connectivity index (χ0) is 24.9. The van der Waals surface area contributed by atoms with Crippen molar-refractivity contribution in [2.45, 2.75) is 44.7 Å². The molecule has 1 aliphatic carbocycles. The van der Waals surface area contributed by atoms with Gasteiger partial charge in [-0.3, -0.25) is 4.79 Å². The second kappa shape index (κ2) is 10.7.